The minimum atomic E-state index is -0.227. The van der Waals surface area contributed by atoms with Crippen LogP contribution in [0.1, 0.15) is 18.0 Å². The summed E-state index contributed by atoms with van der Waals surface area (Å²) in [5, 5.41) is 4.14. The lowest BCUT2D eigenvalue weighted by molar-refractivity contribution is 0.629. The highest BCUT2D eigenvalue weighted by molar-refractivity contribution is 5.81. The Morgan fingerprint density at radius 3 is 3.06 bits per heavy atom. The number of hydrogen-bond acceptors (Lipinski definition) is 3. The normalized spacial score (nSPS) is 20.4. The minimum absolute atomic E-state index is 0.227. The van der Waals surface area contributed by atoms with Crippen molar-refractivity contribution in [1.82, 2.24) is 15.3 Å². The van der Waals surface area contributed by atoms with Crippen LogP contribution in [0.3, 0.4) is 0 Å². The van der Waals surface area contributed by atoms with E-state index < -0.39 is 0 Å². The number of fused-ring (bicyclic) bond motifs is 1. The molecule has 1 aliphatic rings. The molecule has 1 aromatic carbocycles. The Bertz CT molecular complexity index is 521. The van der Waals surface area contributed by atoms with E-state index in [0.717, 1.165) is 36.1 Å². The van der Waals surface area contributed by atoms with Gasteiger partial charge < -0.3 is 5.32 Å². The van der Waals surface area contributed by atoms with E-state index >= 15 is 0 Å². The molecule has 1 aromatic heterocycles. The van der Waals surface area contributed by atoms with Crippen molar-refractivity contribution in [3.05, 3.63) is 36.0 Å². The molecule has 16 heavy (non-hydrogen) atoms. The van der Waals surface area contributed by atoms with Crippen LogP contribution in [0.5, 0.6) is 0 Å². The number of rotatable bonds is 1. The molecule has 0 aliphatic carbocycles. The SMILES string of the molecule is Fc1ccc2ncnc(C3CCNC3)c2c1. The van der Waals surface area contributed by atoms with E-state index in [1.165, 1.54) is 12.1 Å². The summed E-state index contributed by atoms with van der Waals surface area (Å²) < 4.78 is 13.2. The molecule has 0 amide bonds. The molecule has 0 saturated carbocycles. The third kappa shape index (κ3) is 1.55. The summed E-state index contributed by atoms with van der Waals surface area (Å²) in [4.78, 5) is 8.47. The Kier molecular flexibility index (Phi) is 2.29. The molecule has 2 heterocycles. The van der Waals surface area contributed by atoms with Crippen molar-refractivity contribution in [2.45, 2.75) is 12.3 Å². The van der Waals surface area contributed by atoms with Crippen LogP contribution in [-0.2, 0) is 0 Å². The van der Waals surface area contributed by atoms with Gasteiger partial charge in [0.25, 0.3) is 0 Å². The molecule has 1 atom stereocenters. The van der Waals surface area contributed by atoms with Crippen LogP contribution in [0.4, 0.5) is 4.39 Å². The van der Waals surface area contributed by atoms with Crippen molar-refractivity contribution in [1.29, 1.82) is 0 Å². The fourth-order valence-electron chi connectivity index (χ4n) is 2.26. The summed E-state index contributed by atoms with van der Waals surface area (Å²) in [6.07, 6.45) is 2.62. The monoisotopic (exact) mass is 217 g/mol. The van der Waals surface area contributed by atoms with E-state index in [1.54, 1.807) is 12.4 Å². The molecule has 0 spiro atoms. The van der Waals surface area contributed by atoms with Gasteiger partial charge in [0.15, 0.2) is 0 Å². The van der Waals surface area contributed by atoms with E-state index in [1.807, 2.05) is 0 Å². The van der Waals surface area contributed by atoms with E-state index in [9.17, 15) is 4.39 Å². The van der Waals surface area contributed by atoms with Gasteiger partial charge in [-0.3, -0.25) is 0 Å². The maximum Gasteiger partial charge on any atom is 0.124 e. The second-order valence-corrected chi connectivity index (χ2v) is 4.11. The average Bonchev–Trinajstić information content (AvgIpc) is 2.81. The highest BCUT2D eigenvalue weighted by atomic mass is 19.1. The molecule has 3 rings (SSSR count). The van der Waals surface area contributed by atoms with E-state index in [2.05, 4.69) is 15.3 Å². The van der Waals surface area contributed by atoms with Gasteiger partial charge in [-0.15, -0.1) is 0 Å². The third-order valence-corrected chi connectivity index (χ3v) is 3.08. The van der Waals surface area contributed by atoms with Crippen LogP contribution >= 0.6 is 0 Å². The fourth-order valence-corrected chi connectivity index (χ4v) is 2.26. The molecule has 0 bridgehead atoms. The molecule has 1 aliphatic heterocycles. The molecule has 0 radical (unpaired) electrons. The number of benzene rings is 1. The van der Waals surface area contributed by atoms with Crippen LogP contribution in [-0.4, -0.2) is 23.1 Å². The number of nitrogens with one attached hydrogen (secondary N) is 1. The van der Waals surface area contributed by atoms with Crippen molar-refractivity contribution < 1.29 is 4.39 Å². The lowest BCUT2D eigenvalue weighted by Crippen LogP contribution is -2.09. The molecule has 1 fully saturated rings. The zero-order valence-corrected chi connectivity index (χ0v) is 8.78. The minimum Gasteiger partial charge on any atom is -0.316 e. The first-order valence-electron chi connectivity index (χ1n) is 5.45. The number of halogens is 1. The Labute approximate surface area is 92.7 Å². The quantitative estimate of drug-likeness (QED) is 0.792. The van der Waals surface area contributed by atoms with Gasteiger partial charge in [0.2, 0.25) is 0 Å². The number of hydrogen-bond donors (Lipinski definition) is 1. The van der Waals surface area contributed by atoms with Gasteiger partial charge in [0, 0.05) is 17.8 Å². The second kappa shape index (κ2) is 3.79. The van der Waals surface area contributed by atoms with Crippen molar-refractivity contribution >= 4 is 10.9 Å². The second-order valence-electron chi connectivity index (χ2n) is 4.11. The Morgan fingerprint density at radius 1 is 1.31 bits per heavy atom. The van der Waals surface area contributed by atoms with Crippen molar-refractivity contribution in [3.63, 3.8) is 0 Å². The molecule has 4 heteroatoms. The summed E-state index contributed by atoms with van der Waals surface area (Å²) in [5.41, 5.74) is 1.79. The molecular formula is C12H12FN3. The summed E-state index contributed by atoms with van der Waals surface area (Å²) in [6.45, 7) is 1.92. The summed E-state index contributed by atoms with van der Waals surface area (Å²) >= 11 is 0. The van der Waals surface area contributed by atoms with Crippen LogP contribution in [0.2, 0.25) is 0 Å². The number of nitrogens with zero attached hydrogens (tertiary/aromatic N) is 2. The summed E-state index contributed by atoms with van der Waals surface area (Å²) in [7, 11) is 0. The Balaban J connectivity index is 2.18. The first kappa shape index (κ1) is 9.66. The predicted molar refractivity (Wildman–Crippen MR) is 59.7 cm³/mol. The van der Waals surface area contributed by atoms with Crippen molar-refractivity contribution in [2.24, 2.45) is 0 Å². The Morgan fingerprint density at radius 2 is 2.25 bits per heavy atom. The van der Waals surface area contributed by atoms with Gasteiger partial charge in [-0.2, -0.15) is 0 Å². The molecule has 2 aromatic rings. The molecular weight excluding hydrogens is 205 g/mol. The highest BCUT2D eigenvalue weighted by Crippen LogP contribution is 2.26. The maximum atomic E-state index is 13.2. The zero-order valence-electron chi connectivity index (χ0n) is 8.78. The summed E-state index contributed by atoms with van der Waals surface area (Å²) in [5.74, 6) is 0.154. The predicted octanol–water partition coefficient (Wildman–Crippen LogP) is 1.85. The highest BCUT2D eigenvalue weighted by Gasteiger charge is 2.20. The first-order chi connectivity index (χ1) is 7.84. The van der Waals surface area contributed by atoms with Crippen LogP contribution < -0.4 is 5.32 Å². The van der Waals surface area contributed by atoms with Crippen molar-refractivity contribution in [3.8, 4) is 0 Å². The summed E-state index contributed by atoms with van der Waals surface area (Å²) in [6, 6.07) is 4.67. The zero-order chi connectivity index (χ0) is 11.0. The van der Waals surface area contributed by atoms with Crippen molar-refractivity contribution in [2.75, 3.05) is 13.1 Å². The standard InChI is InChI=1S/C12H12FN3/c13-9-1-2-11-10(5-9)12(16-7-15-11)8-3-4-14-6-8/h1-2,5,7-8,14H,3-4,6H2. The topological polar surface area (TPSA) is 37.8 Å². The average molecular weight is 217 g/mol. The van der Waals surface area contributed by atoms with Gasteiger partial charge in [-0.1, -0.05) is 0 Å². The van der Waals surface area contributed by atoms with Crippen LogP contribution in [0.15, 0.2) is 24.5 Å². The molecule has 3 nitrogen and oxygen atoms in total. The van der Waals surface area contributed by atoms with E-state index in [-0.39, 0.29) is 5.82 Å². The lowest BCUT2D eigenvalue weighted by atomic mass is 10.0. The molecule has 1 unspecified atom stereocenters. The Hall–Kier alpha value is -1.55. The van der Waals surface area contributed by atoms with Gasteiger partial charge in [-0.05, 0) is 31.2 Å². The van der Waals surface area contributed by atoms with Gasteiger partial charge >= 0.3 is 0 Å². The smallest absolute Gasteiger partial charge is 0.124 e. The largest absolute Gasteiger partial charge is 0.316 e. The van der Waals surface area contributed by atoms with Gasteiger partial charge in [-0.25, -0.2) is 14.4 Å². The van der Waals surface area contributed by atoms with E-state index in [0.29, 0.717) is 5.92 Å². The lowest BCUT2D eigenvalue weighted by Gasteiger charge is -2.10. The fraction of sp³-hybridized carbons (Fsp3) is 0.333. The van der Waals surface area contributed by atoms with Gasteiger partial charge in [0.05, 0.1) is 11.2 Å². The first-order valence-corrected chi connectivity index (χ1v) is 5.45. The molecule has 82 valence electrons. The van der Waals surface area contributed by atoms with Gasteiger partial charge in [0.1, 0.15) is 12.1 Å². The molecule has 1 N–H and O–H groups in total. The number of aromatic nitrogens is 2. The van der Waals surface area contributed by atoms with Crippen LogP contribution in [0.25, 0.3) is 10.9 Å². The maximum absolute atomic E-state index is 13.2. The third-order valence-electron chi connectivity index (χ3n) is 3.08. The van der Waals surface area contributed by atoms with E-state index in [4.69, 9.17) is 0 Å². The molecule has 1 saturated heterocycles. The van der Waals surface area contributed by atoms with Crippen LogP contribution in [0, 0.1) is 5.82 Å².